The molecule has 0 aliphatic heterocycles. The Kier molecular flexibility index (Phi) is 4.05. The topological polar surface area (TPSA) is 97.8 Å². The smallest absolute Gasteiger partial charge is 0.250 e. The Morgan fingerprint density at radius 1 is 1.14 bits per heavy atom. The molecule has 0 bridgehead atoms. The van der Waals surface area contributed by atoms with Crippen LogP contribution < -0.4 is 5.73 Å². The normalized spacial score (nSPS) is 17.9. The molecule has 1 atom stereocenters. The summed E-state index contributed by atoms with van der Waals surface area (Å²) in [5, 5.41) is 4.19. The van der Waals surface area contributed by atoms with Gasteiger partial charge in [0, 0.05) is 6.20 Å². The molecule has 6 heteroatoms. The van der Waals surface area contributed by atoms with Crippen LogP contribution in [-0.2, 0) is 18.3 Å². The molecule has 5 rings (SSSR count). The summed E-state index contributed by atoms with van der Waals surface area (Å²) in [6.45, 7) is 0. The second-order valence-corrected chi connectivity index (χ2v) is 7.49. The number of H-pyrrole nitrogens is 1. The van der Waals surface area contributed by atoms with Crippen molar-refractivity contribution in [2.45, 2.75) is 24.7 Å². The van der Waals surface area contributed by atoms with Gasteiger partial charge in [-0.05, 0) is 42.0 Å². The van der Waals surface area contributed by atoms with Gasteiger partial charge in [-0.15, -0.1) is 0 Å². The molecule has 144 valence electrons. The predicted octanol–water partition coefficient (Wildman–Crippen LogP) is 3.64. The predicted molar refractivity (Wildman–Crippen MR) is 108 cm³/mol. The fourth-order valence-corrected chi connectivity index (χ4v) is 4.31. The number of aromatic amines is 1. The van der Waals surface area contributed by atoms with Gasteiger partial charge < -0.3 is 15.2 Å². The van der Waals surface area contributed by atoms with Crippen molar-refractivity contribution < 1.29 is 9.32 Å². The average Bonchev–Trinajstić information content (AvgIpc) is 3.48. The Morgan fingerprint density at radius 2 is 1.93 bits per heavy atom. The van der Waals surface area contributed by atoms with Crippen LogP contribution in [0.15, 0.2) is 71.4 Å². The van der Waals surface area contributed by atoms with Crippen LogP contribution >= 0.6 is 0 Å². The minimum atomic E-state index is -0.499. The molecule has 0 saturated carbocycles. The summed E-state index contributed by atoms with van der Waals surface area (Å²) in [5.74, 6) is 0.516. The highest BCUT2D eigenvalue weighted by Crippen LogP contribution is 2.46. The Balaban J connectivity index is 1.59. The molecule has 4 aromatic rings. The maximum Gasteiger partial charge on any atom is 0.250 e. The molecule has 3 N–H and O–H groups in total. The molecular weight excluding hydrogens is 364 g/mol. The number of benzene rings is 2. The molecular formula is C23H20N4O2. The van der Waals surface area contributed by atoms with Gasteiger partial charge in [-0.3, -0.25) is 4.79 Å². The number of aromatic nitrogens is 3. The molecule has 1 aliphatic carbocycles. The Morgan fingerprint density at radius 3 is 2.72 bits per heavy atom. The SMILES string of the molecule is NC(=O)c1c[nH]c(-c2noc(C3(Cc4ccccc4)CCc4ccccc43)n2)c1. The lowest BCUT2D eigenvalue weighted by Gasteiger charge is -2.26. The number of rotatable bonds is 5. The molecule has 0 saturated heterocycles. The minimum Gasteiger partial charge on any atom is -0.366 e. The van der Waals surface area contributed by atoms with Crippen LogP contribution in [0.2, 0.25) is 0 Å². The number of amides is 1. The van der Waals surface area contributed by atoms with Crippen LogP contribution in [0.3, 0.4) is 0 Å². The van der Waals surface area contributed by atoms with E-state index < -0.39 is 5.91 Å². The average molecular weight is 384 g/mol. The van der Waals surface area contributed by atoms with Crippen molar-refractivity contribution in [1.82, 2.24) is 15.1 Å². The zero-order chi connectivity index (χ0) is 19.8. The standard InChI is InChI=1S/C23H20N4O2/c24-20(28)17-12-19(25-14-17)21-26-22(29-27-21)23(13-15-6-2-1-3-7-15)11-10-16-8-4-5-9-18(16)23/h1-9,12,14,25H,10-11,13H2,(H2,24,28). The van der Waals surface area contributed by atoms with Gasteiger partial charge in [0.25, 0.3) is 0 Å². The largest absolute Gasteiger partial charge is 0.366 e. The lowest BCUT2D eigenvalue weighted by atomic mass is 9.76. The monoisotopic (exact) mass is 384 g/mol. The zero-order valence-electron chi connectivity index (χ0n) is 15.8. The number of nitrogens with one attached hydrogen (secondary N) is 1. The van der Waals surface area contributed by atoms with Gasteiger partial charge >= 0.3 is 0 Å². The molecule has 6 nitrogen and oxygen atoms in total. The maximum absolute atomic E-state index is 11.4. The van der Waals surface area contributed by atoms with E-state index in [0.717, 1.165) is 19.3 Å². The van der Waals surface area contributed by atoms with Crippen molar-refractivity contribution in [3.8, 4) is 11.5 Å². The molecule has 1 aliphatic rings. The first kappa shape index (κ1) is 17.4. The third kappa shape index (κ3) is 2.93. The van der Waals surface area contributed by atoms with Crippen LogP contribution in [-0.4, -0.2) is 21.0 Å². The Hall–Kier alpha value is -3.67. The van der Waals surface area contributed by atoms with E-state index in [9.17, 15) is 4.79 Å². The number of carbonyl (C=O) groups is 1. The Bertz CT molecular complexity index is 1180. The third-order valence-corrected chi connectivity index (χ3v) is 5.75. The van der Waals surface area contributed by atoms with Gasteiger partial charge in [-0.2, -0.15) is 4.98 Å². The number of primary amides is 1. The first-order chi connectivity index (χ1) is 14.2. The molecule has 2 heterocycles. The van der Waals surface area contributed by atoms with Gasteiger partial charge in [0.15, 0.2) is 0 Å². The van der Waals surface area contributed by atoms with Crippen molar-refractivity contribution in [3.05, 3.63) is 95.0 Å². The van der Waals surface area contributed by atoms with E-state index in [4.69, 9.17) is 15.2 Å². The second-order valence-electron chi connectivity index (χ2n) is 7.49. The van der Waals surface area contributed by atoms with Gasteiger partial charge in [-0.1, -0.05) is 59.8 Å². The van der Waals surface area contributed by atoms with Crippen LogP contribution in [0.5, 0.6) is 0 Å². The number of aryl methyl sites for hydroxylation is 1. The van der Waals surface area contributed by atoms with Gasteiger partial charge in [0.2, 0.25) is 17.6 Å². The van der Waals surface area contributed by atoms with Crippen molar-refractivity contribution in [2.75, 3.05) is 0 Å². The number of nitrogens with zero attached hydrogens (tertiary/aromatic N) is 2. The summed E-state index contributed by atoms with van der Waals surface area (Å²) in [5.41, 5.74) is 9.75. The molecule has 0 fully saturated rings. The van der Waals surface area contributed by atoms with Crippen molar-refractivity contribution >= 4 is 5.91 Å². The van der Waals surface area contributed by atoms with E-state index in [1.807, 2.05) is 18.2 Å². The number of nitrogens with two attached hydrogens (primary N) is 1. The highest BCUT2D eigenvalue weighted by Gasteiger charge is 2.45. The Labute approximate surface area is 167 Å². The zero-order valence-corrected chi connectivity index (χ0v) is 15.8. The number of carbonyl (C=O) groups excluding carboxylic acids is 1. The van der Waals surface area contributed by atoms with Gasteiger partial charge in [-0.25, -0.2) is 0 Å². The van der Waals surface area contributed by atoms with E-state index in [2.05, 4.69) is 46.5 Å². The summed E-state index contributed by atoms with van der Waals surface area (Å²) in [6.07, 6.45) is 4.21. The molecule has 0 spiro atoms. The van der Waals surface area contributed by atoms with E-state index in [0.29, 0.717) is 23.0 Å². The van der Waals surface area contributed by atoms with Crippen molar-refractivity contribution in [1.29, 1.82) is 0 Å². The van der Waals surface area contributed by atoms with Crippen LogP contribution in [0.4, 0.5) is 0 Å². The van der Waals surface area contributed by atoms with E-state index in [1.165, 1.54) is 16.7 Å². The fourth-order valence-electron chi connectivity index (χ4n) is 4.31. The third-order valence-electron chi connectivity index (χ3n) is 5.75. The molecule has 0 radical (unpaired) electrons. The minimum absolute atomic E-state index is 0.373. The van der Waals surface area contributed by atoms with Gasteiger partial charge in [0.05, 0.1) is 16.7 Å². The summed E-state index contributed by atoms with van der Waals surface area (Å²) >= 11 is 0. The van der Waals surface area contributed by atoms with E-state index in [1.54, 1.807) is 12.3 Å². The highest BCUT2D eigenvalue weighted by atomic mass is 16.5. The first-order valence-corrected chi connectivity index (χ1v) is 9.61. The van der Waals surface area contributed by atoms with Crippen LogP contribution in [0, 0.1) is 0 Å². The quantitative estimate of drug-likeness (QED) is 0.549. The lowest BCUT2D eigenvalue weighted by Crippen LogP contribution is -2.28. The maximum atomic E-state index is 11.4. The van der Waals surface area contributed by atoms with E-state index >= 15 is 0 Å². The van der Waals surface area contributed by atoms with Crippen LogP contribution in [0.1, 0.15) is 39.4 Å². The van der Waals surface area contributed by atoms with Crippen LogP contribution in [0.25, 0.3) is 11.5 Å². The summed E-state index contributed by atoms with van der Waals surface area (Å²) in [7, 11) is 0. The number of fused-ring (bicyclic) bond motifs is 1. The van der Waals surface area contributed by atoms with Crippen molar-refractivity contribution in [3.63, 3.8) is 0 Å². The van der Waals surface area contributed by atoms with E-state index in [-0.39, 0.29) is 5.41 Å². The highest BCUT2D eigenvalue weighted by molar-refractivity contribution is 5.93. The molecule has 29 heavy (non-hydrogen) atoms. The molecule has 1 unspecified atom stereocenters. The summed E-state index contributed by atoms with van der Waals surface area (Å²) in [6, 6.07) is 20.5. The molecule has 2 aromatic carbocycles. The van der Waals surface area contributed by atoms with Gasteiger partial charge in [0.1, 0.15) is 0 Å². The van der Waals surface area contributed by atoms with Crippen molar-refractivity contribution in [2.24, 2.45) is 5.73 Å². The lowest BCUT2D eigenvalue weighted by molar-refractivity contribution is 0.100. The second kappa shape index (κ2) is 6.74. The molecule has 1 amide bonds. The molecule has 2 aromatic heterocycles. The number of hydrogen-bond donors (Lipinski definition) is 2. The number of hydrogen-bond acceptors (Lipinski definition) is 4. The summed E-state index contributed by atoms with van der Waals surface area (Å²) in [4.78, 5) is 19.1. The first-order valence-electron chi connectivity index (χ1n) is 9.61. The summed E-state index contributed by atoms with van der Waals surface area (Å²) < 4.78 is 5.81. The fraction of sp³-hybridized carbons (Fsp3) is 0.174.